The van der Waals surface area contributed by atoms with E-state index in [0.29, 0.717) is 11.1 Å². The minimum absolute atomic E-state index is 0.224. The number of rotatable bonds is 5. The largest absolute Gasteiger partial charge is 0.309 e. The first-order chi connectivity index (χ1) is 7.91. The van der Waals surface area contributed by atoms with E-state index in [1.807, 2.05) is 12.1 Å². The molecule has 1 aromatic carbocycles. The Bertz CT molecular complexity index is 366. The second kappa shape index (κ2) is 6.60. The molecule has 0 aliphatic carbocycles. The van der Waals surface area contributed by atoms with E-state index in [4.69, 9.17) is 23.2 Å². The van der Waals surface area contributed by atoms with E-state index >= 15 is 0 Å². The van der Waals surface area contributed by atoms with E-state index in [2.05, 4.69) is 38.2 Å². The topological polar surface area (TPSA) is 15.3 Å². The monoisotopic (exact) mass is 274 g/mol. The zero-order chi connectivity index (χ0) is 13.0. The highest BCUT2D eigenvalue weighted by Crippen LogP contribution is 2.25. The minimum atomic E-state index is 0.224. The molecule has 2 nitrogen and oxygen atoms in total. The molecule has 96 valence electrons. The van der Waals surface area contributed by atoms with Crippen molar-refractivity contribution in [3.8, 4) is 0 Å². The molecule has 2 atom stereocenters. The summed E-state index contributed by atoms with van der Waals surface area (Å²) in [7, 11) is 4.15. The van der Waals surface area contributed by atoms with Gasteiger partial charge in [-0.1, -0.05) is 29.3 Å². The van der Waals surface area contributed by atoms with Gasteiger partial charge >= 0.3 is 0 Å². The zero-order valence-corrected chi connectivity index (χ0v) is 12.3. The predicted molar refractivity (Wildman–Crippen MR) is 76.0 cm³/mol. The van der Waals surface area contributed by atoms with Gasteiger partial charge in [-0.05, 0) is 45.6 Å². The molecule has 1 rings (SSSR count). The lowest BCUT2D eigenvalue weighted by Crippen LogP contribution is -2.36. The van der Waals surface area contributed by atoms with Gasteiger partial charge in [-0.25, -0.2) is 0 Å². The highest BCUT2D eigenvalue weighted by atomic mass is 35.5. The van der Waals surface area contributed by atoms with Crippen molar-refractivity contribution in [3.63, 3.8) is 0 Å². The Kier molecular flexibility index (Phi) is 5.74. The zero-order valence-electron chi connectivity index (χ0n) is 10.8. The Labute approximate surface area is 114 Å². The van der Waals surface area contributed by atoms with Crippen LogP contribution in [0.1, 0.15) is 25.5 Å². The van der Waals surface area contributed by atoms with Crippen molar-refractivity contribution in [3.05, 3.63) is 33.8 Å². The highest BCUT2D eigenvalue weighted by Gasteiger charge is 2.11. The van der Waals surface area contributed by atoms with Gasteiger partial charge in [0.25, 0.3) is 0 Å². The van der Waals surface area contributed by atoms with Crippen molar-refractivity contribution in [2.75, 3.05) is 20.6 Å². The van der Waals surface area contributed by atoms with E-state index < -0.39 is 0 Å². The molecule has 1 aromatic rings. The van der Waals surface area contributed by atoms with E-state index in [9.17, 15) is 0 Å². The fourth-order valence-electron chi connectivity index (χ4n) is 1.49. The van der Waals surface area contributed by atoms with Crippen LogP contribution in [0.15, 0.2) is 18.2 Å². The number of hydrogen-bond acceptors (Lipinski definition) is 2. The number of nitrogens with zero attached hydrogens (tertiary/aromatic N) is 1. The Morgan fingerprint density at radius 1 is 1.24 bits per heavy atom. The van der Waals surface area contributed by atoms with Crippen LogP contribution in [-0.4, -0.2) is 31.6 Å². The van der Waals surface area contributed by atoms with E-state index in [0.717, 1.165) is 17.1 Å². The number of halogens is 2. The maximum Gasteiger partial charge on any atom is 0.0468 e. The van der Waals surface area contributed by atoms with Gasteiger partial charge in [0.1, 0.15) is 0 Å². The summed E-state index contributed by atoms with van der Waals surface area (Å²) in [6.07, 6.45) is 0. The molecule has 0 radical (unpaired) electrons. The van der Waals surface area contributed by atoms with E-state index in [1.165, 1.54) is 0 Å². The third-order valence-corrected chi connectivity index (χ3v) is 3.59. The summed E-state index contributed by atoms with van der Waals surface area (Å²) in [5.74, 6) is 0. The quantitative estimate of drug-likeness (QED) is 0.883. The smallest absolute Gasteiger partial charge is 0.0468 e. The van der Waals surface area contributed by atoms with Crippen molar-refractivity contribution in [1.82, 2.24) is 10.2 Å². The van der Waals surface area contributed by atoms with Gasteiger partial charge in [-0.15, -0.1) is 0 Å². The summed E-state index contributed by atoms with van der Waals surface area (Å²) < 4.78 is 0. The van der Waals surface area contributed by atoms with E-state index in [-0.39, 0.29) is 6.04 Å². The van der Waals surface area contributed by atoms with Crippen LogP contribution >= 0.6 is 23.2 Å². The first-order valence-electron chi connectivity index (χ1n) is 5.76. The minimum Gasteiger partial charge on any atom is -0.309 e. The molecule has 0 aliphatic rings. The van der Waals surface area contributed by atoms with Gasteiger partial charge < -0.3 is 10.2 Å². The van der Waals surface area contributed by atoms with Crippen LogP contribution in [0.3, 0.4) is 0 Å². The van der Waals surface area contributed by atoms with Gasteiger partial charge in [-0.3, -0.25) is 0 Å². The lowest BCUT2D eigenvalue weighted by molar-refractivity contribution is 0.296. The Hall–Kier alpha value is -0.280. The third kappa shape index (κ3) is 4.47. The van der Waals surface area contributed by atoms with Crippen LogP contribution in [-0.2, 0) is 0 Å². The third-order valence-electron chi connectivity index (χ3n) is 3.03. The maximum atomic E-state index is 6.17. The van der Waals surface area contributed by atoms with Crippen LogP contribution in [0, 0.1) is 0 Å². The molecule has 0 fully saturated rings. The molecule has 2 unspecified atom stereocenters. The second-order valence-corrected chi connectivity index (χ2v) is 5.45. The summed E-state index contributed by atoms with van der Waals surface area (Å²) in [5.41, 5.74) is 1.09. The van der Waals surface area contributed by atoms with Crippen LogP contribution in [0.5, 0.6) is 0 Å². The molecule has 0 heterocycles. The summed E-state index contributed by atoms with van der Waals surface area (Å²) in [5, 5.41) is 4.86. The Balaban J connectivity index is 2.61. The fourth-order valence-corrected chi connectivity index (χ4v) is 2.06. The summed E-state index contributed by atoms with van der Waals surface area (Å²) in [4.78, 5) is 2.18. The Morgan fingerprint density at radius 3 is 2.41 bits per heavy atom. The molecule has 0 saturated carbocycles. The predicted octanol–water partition coefficient (Wildman–Crippen LogP) is 3.59. The Morgan fingerprint density at radius 2 is 1.88 bits per heavy atom. The maximum absolute atomic E-state index is 6.17. The molecular weight excluding hydrogens is 255 g/mol. The lowest BCUT2D eigenvalue weighted by Gasteiger charge is -2.23. The van der Waals surface area contributed by atoms with Gasteiger partial charge in [0.05, 0.1) is 0 Å². The number of nitrogens with one attached hydrogen (secondary N) is 1. The van der Waals surface area contributed by atoms with Crippen LogP contribution < -0.4 is 5.32 Å². The molecule has 17 heavy (non-hydrogen) atoms. The fraction of sp³-hybridized carbons (Fsp3) is 0.538. The van der Waals surface area contributed by atoms with Crippen molar-refractivity contribution >= 4 is 23.2 Å². The molecule has 1 N–H and O–H groups in total. The molecule has 0 aliphatic heterocycles. The van der Waals surface area contributed by atoms with Gasteiger partial charge in [0.15, 0.2) is 0 Å². The molecule has 0 aromatic heterocycles. The van der Waals surface area contributed by atoms with Crippen molar-refractivity contribution in [2.24, 2.45) is 0 Å². The van der Waals surface area contributed by atoms with Crippen LogP contribution in [0.2, 0.25) is 10.0 Å². The highest BCUT2D eigenvalue weighted by molar-refractivity contribution is 6.35. The average molecular weight is 275 g/mol. The molecular formula is C13H20Cl2N2. The molecule has 0 amide bonds. The van der Waals surface area contributed by atoms with Gasteiger partial charge in [-0.2, -0.15) is 0 Å². The summed E-state index contributed by atoms with van der Waals surface area (Å²) in [6, 6.07) is 6.34. The van der Waals surface area contributed by atoms with Crippen LogP contribution in [0.25, 0.3) is 0 Å². The van der Waals surface area contributed by atoms with Crippen molar-refractivity contribution < 1.29 is 0 Å². The lowest BCUT2D eigenvalue weighted by atomic mass is 10.1. The van der Waals surface area contributed by atoms with Crippen LogP contribution in [0.4, 0.5) is 0 Å². The molecule has 0 bridgehead atoms. The normalized spacial score (nSPS) is 15.0. The molecule has 0 spiro atoms. The molecule has 4 heteroatoms. The summed E-state index contributed by atoms with van der Waals surface area (Å²) >= 11 is 12.0. The second-order valence-electron chi connectivity index (χ2n) is 4.61. The number of benzene rings is 1. The molecule has 0 saturated heterocycles. The van der Waals surface area contributed by atoms with Gasteiger partial charge in [0.2, 0.25) is 0 Å². The van der Waals surface area contributed by atoms with Gasteiger partial charge in [0, 0.05) is 28.7 Å². The first-order valence-corrected chi connectivity index (χ1v) is 6.52. The number of likely N-dealkylation sites (N-methyl/N-ethyl adjacent to an activating group) is 1. The van der Waals surface area contributed by atoms with Crippen molar-refractivity contribution in [2.45, 2.75) is 25.9 Å². The SMILES string of the molecule is CC(NCC(C)N(C)C)c1ccc(Cl)cc1Cl. The first kappa shape index (κ1) is 14.8. The van der Waals surface area contributed by atoms with Crippen molar-refractivity contribution in [1.29, 1.82) is 0 Å². The van der Waals surface area contributed by atoms with E-state index in [1.54, 1.807) is 6.07 Å². The standard InChI is InChI=1S/C13H20Cl2N2/c1-9(17(3)4)8-16-10(2)12-6-5-11(14)7-13(12)15/h5-7,9-10,16H,8H2,1-4H3. The number of hydrogen-bond donors (Lipinski definition) is 1. The summed E-state index contributed by atoms with van der Waals surface area (Å²) in [6.45, 7) is 5.22. The average Bonchev–Trinajstić information content (AvgIpc) is 2.25.